The van der Waals surface area contributed by atoms with Crippen molar-refractivity contribution in [2.24, 2.45) is 0 Å². The van der Waals surface area contributed by atoms with E-state index < -0.39 is 5.97 Å². The number of benzene rings is 1. The fraction of sp³-hybridized carbons (Fsp3) is 0. The summed E-state index contributed by atoms with van der Waals surface area (Å²) in [6, 6.07) is 7.53. The number of hydrogen-bond acceptors (Lipinski definition) is 4. The van der Waals surface area contributed by atoms with Crippen molar-refractivity contribution in [3.05, 3.63) is 34.4 Å². The maximum Gasteiger partial charge on any atom is 0.359 e. The number of nitrogens with zero attached hydrogens (tertiary/aromatic N) is 2. The number of hydrogen-bond donors (Lipinski definition) is 2. The van der Waals surface area contributed by atoms with Gasteiger partial charge in [0.2, 0.25) is 5.69 Å². The maximum atomic E-state index is 10.8. The summed E-state index contributed by atoms with van der Waals surface area (Å²) in [5.41, 5.74) is -0.0648. The Labute approximate surface area is 103 Å². The zero-order chi connectivity index (χ0) is 11.5. The summed E-state index contributed by atoms with van der Waals surface area (Å²) in [6.45, 7) is 0. The third-order valence-corrected chi connectivity index (χ3v) is 3.21. The number of aromatic nitrogens is 3. The molecule has 1 aromatic heterocycles. The minimum Gasteiger partial charge on any atom is -0.476 e. The van der Waals surface area contributed by atoms with Gasteiger partial charge >= 0.3 is 5.97 Å². The molecule has 5 nitrogen and oxygen atoms in total. The zero-order valence-electron chi connectivity index (χ0n) is 7.85. The van der Waals surface area contributed by atoms with E-state index >= 15 is 0 Å². The topological polar surface area (TPSA) is 78.9 Å². The van der Waals surface area contributed by atoms with Gasteiger partial charge in [-0.25, -0.2) is 4.79 Å². The van der Waals surface area contributed by atoms with Gasteiger partial charge in [-0.3, -0.25) is 5.10 Å². The summed E-state index contributed by atoms with van der Waals surface area (Å²) in [5, 5.41) is 18.8. The SMILES string of the molecule is O=C(O)c1nn[nH]c1Sc1cccc(Br)c1. The molecule has 0 unspecified atom stereocenters. The summed E-state index contributed by atoms with van der Waals surface area (Å²) in [7, 11) is 0. The number of nitrogens with one attached hydrogen (secondary N) is 1. The van der Waals surface area contributed by atoms with E-state index in [4.69, 9.17) is 5.11 Å². The molecule has 0 spiro atoms. The van der Waals surface area contributed by atoms with Gasteiger partial charge in [0.1, 0.15) is 5.03 Å². The molecule has 2 rings (SSSR count). The van der Waals surface area contributed by atoms with E-state index in [1.54, 1.807) is 0 Å². The van der Waals surface area contributed by atoms with Gasteiger partial charge in [0.15, 0.2) is 0 Å². The zero-order valence-corrected chi connectivity index (χ0v) is 10.2. The largest absolute Gasteiger partial charge is 0.476 e. The number of carboxylic acid groups (broad SMARTS) is 1. The van der Waals surface area contributed by atoms with Crippen molar-refractivity contribution in [2.75, 3.05) is 0 Å². The summed E-state index contributed by atoms with van der Waals surface area (Å²) < 4.78 is 0.932. The minimum absolute atomic E-state index is 0.0648. The normalized spacial score (nSPS) is 10.3. The van der Waals surface area contributed by atoms with Crippen LogP contribution in [0.5, 0.6) is 0 Å². The first-order valence-electron chi connectivity index (χ1n) is 4.24. The summed E-state index contributed by atoms with van der Waals surface area (Å²) >= 11 is 4.61. The van der Waals surface area contributed by atoms with Crippen LogP contribution in [-0.2, 0) is 0 Å². The highest BCUT2D eigenvalue weighted by Gasteiger charge is 2.15. The van der Waals surface area contributed by atoms with Crippen LogP contribution in [0.15, 0.2) is 38.7 Å². The standard InChI is InChI=1S/C9H6BrN3O2S/c10-5-2-1-3-6(4-5)16-8-7(9(14)15)11-13-12-8/h1-4H,(H,14,15)(H,11,12,13). The second-order valence-corrected chi connectivity index (χ2v) is 4.85. The van der Waals surface area contributed by atoms with Gasteiger partial charge in [-0.1, -0.05) is 39.0 Å². The van der Waals surface area contributed by atoms with Gasteiger partial charge in [0.05, 0.1) is 0 Å². The van der Waals surface area contributed by atoms with E-state index in [2.05, 4.69) is 31.3 Å². The maximum absolute atomic E-state index is 10.8. The Morgan fingerprint density at radius 1 is 1.50 bits per heavy atom. The van der Waals surface area contributed by atoms with Crippen LogP contribution in [0.2, 0.25) is 0 Å². The molecular weight excluding hydrogens is 294 g/mol. The number of aromatic amines is 1. The Hall–Kier alpha value is -1.34. The first-order chi connectivity index (χ1) is 7.66. The molecule has 0 amide bonds. The predicted molar refractivity (Wildman–Crippen MR) is 61.6 cm³/mol. The lowest BCUT2D eigenvalue weighted by Crippen LogP contribution is -1.98. The Kier molecular flexibility index (Phi) is 3.25. The fourth-order valence-corrected chi connectivity index (χ4v) is 2.51. The smallest absolute Gasteiger partial charge is 0.359 e. The number of rotatable bonds is 3. The Morgan fingerprint density at radius 2 is 2.31 bits per heavy atom. The van der Waals surface area contributed by atoms with Gasteiger partial charge in [-0.05, 0) is 18.2 Å². The lowest BCUT2D eigenvalue weighted by molar-refractivity contribution is 0.0686. The predicted octanol–water partition coefficient (Wildman–Crippen LogP) is 2.42. The molecular formula is C9H6BrN3O2S. The molecule has 2 N–H and O–H groups in total. The van der Waals surface area contributed by atoms with Crippen molar-refractivity contribution in [1.29, 1.82) is 0 Å². The van der Waals surface area contributed by atoms with Crippen molar-refractivity contribution in [2.45, 2.75) is 9.92 Å². The molecule has 0 fully saturated rings. The van der Waals surface area contributed by atoms with Crippen LogP contribution in [-0.4, -0.2) is 26.5 Å². The average molecular weight is 300 g/mol. The van der Waals surface area contributed by atoms with Crippen molar-refractivity contribution in [3.8, 4) is 0 Å². The molecule has 2 aromatic rings. The minimum atomic E-state index is -1.09. The van der Waals surface area contributed by atoms with Crippen LogP contribution in [0.4, 0.5) is 0 Å². The fourth-order valence-electron chi connectivity index (χ4n) is 1.08. The van der Waals surface area contributed by atoms with Crippen LogP contribution in [0.25, 0.3) is 0 Å². The van der Waals surface area contributed by atoms with E-state index in [1.807, 2.05) is 24.3 Å². The molecule has 1 heterocycles. The highest BCUT2D eigenvalue weighted by atomic mass is 79.9. The van der Waals surface area contributed by atoms with E-state index in [0.717, 1.165) is 9.37 Å². The molecule has 82 valence electrons. The van der Waals surface area contributed by atoms with Crippen molar-refractivity contribution >= 4 is 33.7 Å². The second-order valence-electron chi connectivity index (χ2n) is 2.85. The van der Waals surface area contributed by atoms with Crippen molar-refractivity contribution in [1.82, 2.24) is 15.4 Å². The molecule has 0 saturated heterocycles. The van der Waals surface area contributed by atoms with E-state index in [9.17, 15) is 4.79 Å². The lowest BCUT2D eigenvalue weighted by atomic mass is 10.4. The van der Waals surface area contributed by atoms with E-state index in [0.29, 0.717) is 5.03 Å². The van der Waals surface area contributed by atoms with Crippen LogP contribution >= 0.6 is 27.7 Å². The Morgan fingerprint density at radius 3 is 3.00 bits per heavy atom. The first-order valence-corrected chi connectivity index (χ1v) is 5.85. The van der Waals surface area contributed by atoms with Crippen LogP contribution < -0.4 is 0 Å². The number of carboxylic acids is 1. The van der Waals surface area contributed by atoms with Crippen LogP contribution in [0, 0.1) is 0 Å². The van der Waals surface area contributed by atoms with Gasteiger partial charge in [-0.15, -0.1) is 5.10 Å². The van der Waals surface area contributed by atoms with E-state index in [1.165, 1.54) is 11.8 Å². The molecule has 0 aliphatic rings. The third kappa shape index (κ3) is 2.42. The van der Waals surface area contributed by atoms with Gasteiger partial charge < -0.3 is 5.11 Å². The molecule has 0 saturated carbocycles. The number of carbonyl (C=O) groups is 1. The van der Waals surface area contributed by atoms with Crippen LogP contribution in [0.1, 0.15) is 10.5 Å². The lowest BCUT2D eigenvalue weighted by Gasteiger charge is -1.99. The third-order valence-electron chi connectivity index (χ3n) is 1.74. The number of halogens is 1. The first kappa shape index (κ1) is 11.2. The van der Waals surface area contributed by atoms with Gasteiger partial charge in [0.25, 0.3) is 0 Å². The molecule has 1 aromatic carbocycles. The van der Waals surface area contributed by atoms with Gasteiger partial charge in [0, 0.05) is 9.37 Å². The molecule has 0 atom stereocenters. The highest BCUT2D eigenvalue weighted by Crippen LogP contribution is 2.29. The second kappa shape index (κ2) is 4.67. The Balaban J connectivity index is 2.27. The number of H-pyrrole nitrogens is 1. The van der Waals surface area contributed by atoms with E-state index in [-0.39, 0.29) is 5.69 Å². The highest BCUT2D eigenvalue weighted by molar-refractivity contribution is 9.10. The summed E-state index contributed by atoms with van der Waals surface area (Å²) in [5.74, 6) is -1.09. The average Bonchev–Trinajstić information content (AvgIpc) is 2.66. The molecule has 16 heavy (non-hydrogen) atoms. The number of aromatic carboxylic acids is 1. The molecule has 0 bridgehead atoms. The van der Waals surface area contributed by atoms with Crippen LogP contribution in [0.3, 0.4) is 0 Å². The molecule has 7 heteroatoms. The summed E-state index contributed by atoms with van der Waals surface area (Å²) in [6.07, 6.45) is 0. The van der Waals surface area contributed by atoms with Crippen molar-refractivity contribution < 1.29 is 9.90 Å². The monoisotopic (exact) mass is 299 g/mol. The van der Waals surface area contributed by atoms with Gasteiger partial charge in [-0.2, -0.15) is 0 Å². The van der Waals surface area contributed by atoms with Crippen molar-refractivity contribution in [3.63, 3.8) is 0 Å². The summed E-state index contributed by atoms with van der Waals surface area (Å²) in [4.78, 5) is 11.7. The quantitative estimate of drug-likeness (QED) is 0.910. The molecule has 0 aliphatic carbocycles. The molecule has 0 aliphatic heterocycles. The molecule has 0 radical (unpaired) electrons. The Bertz CT molecular complexity index is 529.